The maximum Gasteiger partial charge on any atom is 0.303 e. The number of carboxylic acid groups (broad SMARTS) is 1. The molecule has 5 nitrogen and oxygen atoms in total. The number of rotatable bonds is 5. The van der Waals surface area contributed by atoms with Gasteiger partial charge < -0.3 is 20.4 Å². The Morgan fingerprint density at radius 2 is 1.91 bits per heavy atom. The Morgan fingerprint density at radius 1 is 1.36 bits per heavy atom. The first kappa shape index (κ1) is 10.3. The van der Waals surface area contributed by atoms with E-state index in [1.54, 1.807) is 0 Å². The van der Waals surface area contributed by atoms with Crippen molar-refractivity contribution in [2.24, 2.45) is 5.92 Å². The fourth-order valence-electron chi connectivity index (χ4n) is 0.644. The van der Waals surface area contributed by atoms with Gasteiger partial charge in [0.1, 0.15) is 0 Å². The van der Waals surface area contributed by atoms with Gasteiger partial charge in [0.2, 0.25) is 0 Å². The summed E-state index contributed by atoms with van der Waals surface area (Å²) >= 11 is 0. The van der Waals surface area contributed by atoms with E-state index in [0.29, 0.717) is 0 Å². The zero-order valence-corrected chi connectivity index (χ0v) is 5.97. The van der Waals surface area contributed by atoms with E-state index in [-0.39, 0.29) is 12.8 Å². The minimum atomic E-state index is -1.64. The van der Waals surface area contributed by atoms with E-state index in [2.05, 4.69) is 0 Å². The van der Waals surface area contributed by atoms with Gasteiger partial charge in [-0.2, -0.15) is 0 Å². The Kier molecular flexibility index (Phi) is 4.76. The summed E-state index contributed by atoms with van der Waals surface area (Å²) in [6, 6.07) is 0. The molecule has 0 saturated heterocycles. The second-order valence-corrected chi connectivity index (χ2v) is 2.29. The lowest BCUT2D eigenvalue weighted by Gasteiger charge is -2.13. The van der Waals surface area contributed by atoms with Gasteiger partial charge in [-0.25, -0.2) is 0 Å². The van der Waals surface area contributed by atoms with Crippen molar-refractivity contribution in [1.82, 2.24) is 0 Å². The van der Waals surface area contributed by atoms with Crippen LogP contribution in [0.25, 0.3) is 0 Å². The molecular formula is C6H12O5. The summed E-state index contributed by atoms with van der Waals surface area (Å²) in [6.45, 7) is -0.412. The first-order chi connectivity index (χ1) is 5.07. The predicted octanol–water partition coefficient (Wildman–Crippen LogP) is -1.23. The molecule has 0 bridgehead atoms. The SMILES string of the molecule is O=C(O)CCC(CO)C(O)O. The first-order valence-corrected chi connectivity index (χ1v) is 3.26. The van der Waals surface area contributed by atoms with Crippen molar-refractivity contribution in [3.05, 3.63) is 0 Å². The van der Waals surface area contributed by atoms with Crippen molar-refractivity contribution in [3.63, 3.8) is 0 Å². The molecule has 0 aliphatic rings. The molecule has 5 heteroatoms. The van der Waals surface area contributed by atoms with E-state index in [1.165, 1.54) is 0 Å². The number of aliphatic hydroxyl groups excluding tert-OH is 2. The molecule has 0 rings (SSSR count). The van der Waals surface area contributed by atoms with E-state index >= 15 is 0 Å². The zero-order valence-electron chi connectivity index (χ0n) is 5.97. The molecule has 0 aromatic carbocycles. The molecule has 0 aliphatic heterocycles. The quantitative estimate of drug-likeness (QED) is 0.381. The average Bonchev–Trinajstić information content (AvgIpc) is 1.87. The van der Waals surface area contributed by atoms with Gasteiger partial charge in [0.05, 0.1) is 6.61 Å². The average molecular weight is 164 g/mol. The van der Waals surface area contributed by atoms with Crippen LogP contribution in [0.2, 0.25) is 0 Å². The maximum atomic E-state index is 10.00. The minimum Gasteiger partial charge on any atom is -0.481 e. The smallest absolute Gasteiger partial charge is 0.303 e. The summed E-state index contributed by atoms with van der Waals surface area (Å²) in [5.74, 6) is -1.77. The van der Waals surface area contributed by atoms with Crippen LogP contribution in [0.5, 0.6) is 0 Å². The van der Waals surface area contributed by atoms with E-state index in [0.717, 1.165) is 0 Å². The Balaban J connectivity index is 3.61. The monoisotopic (exact) mass is 164 g/mol. The lowest BCUT2D eigenvalue weighted by molar-refractivity contribution is -0.139. The molecule has 0 aromatic rings. The van der Waals surface area contributed by atoms with Crippen LogP contribution < -0.4 is 0 Å². The van der Waals surface area contributed by atoms with Crippen LogP contribution in [0, 0.1) is 5.92 Å². The van der Waals surface area contributed by atoms with E-state index in [4.69, 9.17) is 20.4 Å². The fourth-order valence-corrected chi connectivity index (χ4v) is 0.644. The number of aliphatic hydroxyl groups is 3. The molecule has 0 fully saturated rings. The highest BCUT2D eigenvalue weighted by molar-refractivity contribution is 5.66. The summed E-state index contributed by atoms with van der Waals surface area (Å²) in [4.78, 5) is 10.00. The molecule has 0 heterocycles. The van der Waals surface area contributed by atoms with E-state index < -0.39 is 24.8 Å². The highest BCUT2D eigenvalue weighted by Crippen LogP contribution is 2.08. The molecule has 0 amide bonds. The van der Waals surface area contributed by atoms with Gasteiger partial charge in [-0.1, -0.05) is 0 Å². The van der Waals surface area contributed by atoms with Crippen LogP contribution >= 0.6 is 0 Å². The zero-order chi connectivity index (χ0) is 8.85. The number of hydrogen-bond acceptors (Lipinski definition) is 4. The lowest BCUT2D eigenvalue weighted by atomic mass is 10.0. The van der Waals surface area contributed by atoms with Crippen molar-refractivity contribution in [2.45, 2.75) is 19.1 Å². The molecule has 1 atom stereocenters. The van der Waals surface area contributed by atoms with Gasteiger partial charge in [-0.15, -0.1) is 0 Å². The van der Waals surface area contributed by atoms with Gasteiger partial charge >= 0.3 is 5.97 Å². The van der Waals surface area contributed by atoms with Crippen molar-refractivity contribution < 1.29 is 25.2 Å². The van der Waals surface area contributed by atoms with Crippen molar-refractivity contribution in [1.29, 1.82) is 0 Å². The van der Waals surface area contributed by atoms with Crippen molar-refractivity contribution >= 4 is 5.97 Å². The summed E-state index contributed by atoms with van der Waals surface area (Å²) in [6.07, 6.45) is -1.73. The minimum absolute atomic E-state index is 0.0729. The largest absolute Gasteiger partial charge is 0.481 e. The molecule has 0 radical (unpaired) electrons. The van der Waals surface area contributed by atoms with Gasteiger partial charge in [-0.05, 0) is 6.42 Å². The number of carbonyl (C=O) groups is 1. The Labute approximate surface area is 63.9 Å². The van der Waals surface area contributed by atoms with Crippen LogP contribution in [0.15, 0.2) is 0 Å². The van der Waals surface area contributed by atoms with Crippen LogP contribution in [-0.2, 0) is 4.79 Å². The van der Waals surface area contributed by atoms with Gasteiger partial charge in [0, 0.05) is 12.3 Å². The van der Waals surface area contributed by atoms with Crippen LogP contribution in [0.3, 0.4) is 0 Å². The second-order valence-electron chi connectivity index (χ2n) is 2.29. The first-order valence-electron chi connectivity index (χ1n) is 3.26. The topological polar surface area (TPSA) is 98.0 Å². The summed E-state index contributed by atoms with van der Waals surface area (Å²) in [5, 5.41) is 33.7. The molecule has 0 aliphatic carbocycles. The molecule has 0 saturated carbocycles. The van der Waals surface area contributed by atoms with Crippen LogP contribution in [-0.4, -0.2) is 39.3 Å². The standard InChI is InChI=1S/C6H12O5/c7-3-4(6(10)11)1-2-5(8)9/h4,6-7,10-11H,1-3H2,(H,8,9). The third-order valence-electron chi connectivity index (χ3n) is 1.39. The Hall–Kier alpha value is -0.650. The number of hydrogen-bond donors (Lipinski definition) is 4. The summed E-state index contributed by atoms with van der Waals surface area (Å²) < 4.78 is 0. The number of carboxylic acids is 1. The highest BCUT2D eigenvalue weighted by atomic mass is 16.5. The summed E-state index contributed by atoms with van der Waals surface area (Å²) in [5.41, 5.74) is 0. The molecule has 66 valence electrons. The lowest BCUT2D eigenvalue weighted by Crippen LogP contribution is -2.23. The molecule has 4 N–H and O–H groups in total. The third kappa shape index (κ3) is 4.72. The van der Waals surface area contributed by atoms with E-state index in [1.807, 2.05) is 0 Å². The maximum absolute atomic E-state index is 10.00. The second kappa shape index (κ2) is 5.06. The fraction of sp³-hybridized carbons (Fsp3) is 0.833. The molecule has 0 spiro atoms. The summed E-state index contributed by atoms with van der Waals surface area (Å²) in [7, 11) is 0. The molecular weight excluding hydrogens is 152 g/mol. The van der Waals surface area contributed by atoms with Gasteiger partial charge in [0.15, 0.2) is 6.29 Å². The number of aliphatic carboxylic acids is 1. The predicted molar refractivity (Wildman–Crippen MR) is 35.7 cm³/mol. The van der Waals surface area contributed by atoms with E-state index in [9.17, 15) is 4.79 Å². The molecule has 11 heavy (non-hydrogen) atoms. The van der Waals surface area contributed by atoms with Crippen molar-refractivity contribution in [3.8, 4) is 0 Å². The third-order valence-corrected chi connectivity index (χ3v) is 1.39. The van der Waals surface area contributed by atoms with Crippen LogP contribution in [0.4, 0.5) is 0 Å². The van der Waals surface area contributed by atoms with Gasteiger partial charge in [-0.3, -0.25) is 4.79 Å². The highest BCUT2D eigenvalue weighted by Gasteiger charge is 2.16. The Morgan fingerprint density at radius 3 is 2.18 bits per heavy atom. The molecule has 0 aromatic heterocycles. The van der Waals surface area contributed by atoms with Crippen molar-refractivity contribution in [2.75, 3.05) is 6.61 Å². The van der Waals surface area contributed by atoms with Gasteiger partial charge in [0.25, 0.3) is 0 Å². The Bertz CT molecular complexity index is 122. The normalized spacial score (nSPS) is 13.5. The van der Waals surface area contributed by atoms with Crippen LogP contribution in [0.1, 0.15) is 12.8 Å². The molecule has 1 unspecified atom stereocenters.